The van der Waals surface area contributed by atoms with E-state index in [4.69, 9.17) is 0 Å². The fraction of sp³-hybridized carbons (Fsp3) is 0.333. The molecule has 12 heavy (non-hydrogen) atoms. The predicted molar refractivity (Wildman–Crippen MR) is 48.1 cm³/mol. The SMILES string of the molecule is CCc1ccc(F)cc1S(C)=O. The van der Waals surface area contributed by atoms with E-state index in [-0.39, 0.29) is 5.82 Å². The highest BCUT2D eigenvalue weighted by Crippen LogP contribution is 2.14. The molecule has 0 aromatic heterocycles. The number of benzene rings is 1. The summed E-state index contributed by atoms with van der Waals surface area (Å²) in [7, 11) is -1.09. The van der Waals surface area contributed by atoms with Gasteiger partial charge in [-0.05, 0) is 24.1 Å². The lowest BCUT2D eigenvalue weighted by molar-refractivity contribution is 0.621. The van der Waals surface area contributed by atoms with Crippen LogP contribution in [0.5, 0.6) is 0 Å². The van der Waals surface area contributed by atoms with Crippen LogP contribution in [0.3, 0.4) is 0 Å². The number of halogens is 1. The third-order valence-corrected chi connectivity index (χ3v) is 2.72. The Labute approximate surface area is 74.1 Å². The molecule has 1 rings (SSSR count). The average molecular weight is 186 g/mol. The highest BCUT2D eigenvalue weighted by molar-refractivity contribution is 7.84. The summed E-state index contributed by atoms with van der Waals surface area (Å²) < 4.78 is 23.8. The Balaban J connectivity index is 3.21. The second kappa shape index (κ2) is 3.81. The maximum Gasteiger partial charge on any atom is 0.124 e. The molecule has 0 bridgehead atoms. The highest BCUT2D eigenvalue weighted by Gasteiger charge is 2.05. The van der Waals surface area contributed by atoms with Crippen molar-refractivity contribution in [3.8, 4) is 0 Å². The summed E-state index contributed by atoms with van der Waals surface area (Å²) in [5.74, 6) is -0.322. The second-order valence-corrected chi connectivity index (χ2v) is 3.91. The Kier molecular flexibility index (Phi) is 2.98. The van der Waals surface area contributed by atoms with Gasteiger partial charge in [-0.3, -0.25) is 4.21 Å². The summed E-state index contributed by atoms with van der Waals surface area (Å²) in [5, 5.41) is 0. The zero-order chi connectivity index (χ0) is 9.14. The number of aryl methyl sites for hydroxylation is 1. The Morgan fingerprint density at radius 3 is 2.67 bits per heavy atom. The molecule has 0 saturated carbocycles. The summed E-state index contributed by atoms with van der Waals surface area (Å²) in [6, 6.07) is 4.43. The molecule has 0 saturated heterocycles. The third kappa shape index (κ3) is 1.91. The molecule has 0 fully saturated rings. The molecule has 66 valence electrons. The minimum Gasteiger partial charge on any atom is -0.255 e. The summed E-state index contributed by atoms with van der Waals surface area (Å²) in [6.45, 7) is 1.96. The Bertz CT molecular complexity index is 309. The minimum absolute atomic E-state index is 0.322. The first-order valence-corrected chi connectivity index (χ1v) is 5.32. The summed E-state index contributed by atoms with van der Waals surface area (Å²) in [6.07, 6.45) is 2.35. The predicted octanol–water partition coefficient (Wildman–Crippen LogP) is 2.13. The molecule has 1 unspecified atom stereocenters. The van der Waals surface area contributed by atoms with E-state index in [1.165, 1.54) is 12.1 Å². The van der Waals surface area contributed by atoms with Gasteiger partial charge in [-0.1, -0.05) is 13.0 Å². The number of rotatable bonds is 2. The van der Waals surface area contributed by atoms with Crippen molar-refractivity contribution in [2.75, 3.05) is 6.26 Å². The van der Waals surface area contributed by atoms with E-state index >= 15 is 0 Å². The molecule has 0 radical (unpaired) electrons. The van der Waals surface area contributed by atoms with E-state index in [2.05, 4.69) is 0 Å². The van der Waals surface area contributed by atoms with Crippen molar-refractivity contribution in [1.82, 2.24) is 0 Å². The van der Waals surface area contributed by atoms with Crippen LogP contribution in [0.1, 0.15) is 12.5 Å². The Morgan fingerprint density at radius 2 is 2.17 bits per heavy atom. The van der Waals surface area contributed by atoms with E-state index in [1.807, 2.05) is 6.92 Å². The van der Waals surface area contributed by atoms with Gasteiger partial charge < -0.3 is 0 Å². The molecule has 1 atom stereocenters. The van der Waals surface area contributed by atoms with Crippen LogP contribution in [0.2, 0.25) is 0 Å². The smallest absolute Gasteiger partial charge is 0.124 e. The molecular formula is C9H11FOS. The van der Waals surface area contributed by atoms with Gasteiger partial charge in [-0.2, -0.15) is 0 Å². The van der Waals surface area contributed by atoms with Gasteiger partial charge in [0.1, 0.15) is 5.82 Å². The maximum atomic E-state index is 12.7. The highest BCUT2D eigenvalue weighted by atomic mass is 32.2. The molecular weight excluding hydrogens is 175 g/mol. The molecule has 1 aromatic carbocycles. The lowest BCUT2D eigenvalue weighted by atomic mass is 10.2. The van der Waals surface area contributed by atoms with Crippen LogP contribution in [0.4, 0.5) is 4.39 Å². The van der Waals surface area contributed by atoms with E-state index in [0.29, 0.717) is 4.90 Å². The largest absolute Gasteiger partial charge is 0.255 e. The lowest BCUT2D eigenvalue weighted by Crippen LogP contribution is -1.95. The Morgan fingerprint density at radius 1 is 1.50 bits per heavy atom. The van der Waals surface area contributed by atoms with Crippen LogP contribution in [0, 0.1) is 5.82 Å². The van der Waals surface area contributed by atoms with Crippen LogP contribution >= 0.6 is 0 Å². The molecule has 0 spiro atoms. The van der Waals surface area contributed by atoms with Gasteiger partial charge in [-0.25, -0.2) is 4.39 Å². The first-order chi connectivity index (χ1) is 5.65. The standard InChI is InChI=1S/C9H11FOS/c1-3-7-4-5-8(10)6-9(7)12(2)11/h4-6H,3H2,1-2H3. The quantitative estimate of drug-likeness (QED) is 0.691. The van der Waals surface area contributed by atoms with Crippen LogP contribution in [-0.2, 0) is 17.2 Å². The monoisotopic (exact) mass is 186 g/mol. The Hall–Kier alpha value is -0.700. The fourth-order valence-corrected chi connectivity index (χ4v) is 1.95. The molecule has 0 aliphatic rings. The van der Waals surface area contributed by atoms with Crippen molar-refractivity contribution < 1.29 is 8.60 Å². The fourth-order valence-electron chi connectivity index (χ4n) is 1.09. The van der Waals surface area contributed by atoms with Crippen LogP contribution in [0.25, 0.3) is 0 Å². The van der Waals surface area contributed by atoms with Gasteiger partial charge in [0.05, 0.1) is 10.8 Å². The second-order valence-electron chi connectivity index (χ2n) is 2.56. The number of hydrogen-bond donors (Lipinski definition) is 0. The lowest BCUT2D eigenvalue weighted by Gasteiger charge is -2.03. The minimum atomic E-state index is -1.09. The van der Waals surface area contributed by atoms with Crippen molar-refractivity contribution in [2.24, 2.45) is 0 Å². The van der Waals surface area contributed by atoms with Crippen LogP contribution in [0.15, 0.2) is 23.1 Å². The summed E-state index contributed by atoms with van der Waals surface area (Å²) >= 11 is 0. The zero-order valence-electron chi connectivity index (χ0n) is 7.13. The topological polar surface area (TPSA) is 17.1 Å². The van der Waals surface area contributed by atoms with Gasteiger partial charge in [0, 0.05) is 11.2 Å². The van der Waals surface area contributed by atoms with Crippen molar-refractivity contribution in [3.05, 3.63) is 29.6 Å². The van der Waals surface area contributed by atoms with E-state index in [1.54, 1.807) is 12.3 Å². The van der Waals surface area contributed by atoms with E-state index in [9.17, 15) is 8.60 Å². The van der Waals surface area contributed by atoms with Crippen molar-refractivity contribution in [3.63, 3.8) is 0 Å². The van der Waals surface area contributed by atoms with Gasteiger partial charge in [0.25, 0.3) is 0 Å². The summed E-state index contributed by atoms with van der Waals surface area (Å²) in [5.41, 5.74) is 0.956. The summed E-state index contributed by atoms with van der Waals surface area (Å²) in [4.78, 5) is 0.609. The third-order valence-electron chi connectivity index (χ3n) is 1.72. The first kappa shape index (κ1) is 9.39. The molecule has 0 N–H and O–H groups in total. The molecule has 0 aliphatic carbocycles. The molecule has 1 nitrogen and oxygen atoms in total. The van der Waals surface area contributed by atoms with Gasteiger partial charge >= 0.3 is 0 Å². The van der Waals surface area contributed by atoms with Crippen LogP contribution < -0.4 is 0 Å². The molecule has 0 amide bonds. The normalized spacial score (nSPS) is 12.9. The molecule has 0 heterocycles. The van der Waals surface area contributed by atoms with Crippen molar-refractivity contribution >= 4 is 10.8 Å². The van der Waals surface area contributed by atoms with Gasteiger partial charge in [-0.15, -0.1) is 0 Å². The zero-order valence-corrected chi connectivity index (χ0v) is 7.95. The average Bonchev–Trinajstić information content (AvgIpc) is 2.04. The molecule has 0 aliphatic heterocycles. The van der Waals surface area contributed by atoms with Crippen molar-refractivity contribution in [1.29, 1.82) is 0 Å². The maximum absolute atomic E-state index is 12.7. The van der Waals surface area contributed by atoms with Gasteiger partial charge in [0.2, 0.25) is 0 Å². The van der Waals surface area contributed by atoms with Crippen molar-refractivity contribution in [2.45, 2.75) is 18.2 Å². The van der Waals surface area contributed by atoms with Crippen LogP contribution in [-0.4, -0.2) is 10.5 Å². The molecule has 3 heteroatoms. The molecule has 1 aromatic rings. The first-order valence-electron chi connectivity index (χ1n) is 3.77. The van der Waals surface area contributed by atoms with Gasteiger partial charge in [0.15, 0.2) is 0 Å². The number of hydrogen-bond acceptors (Lipinski definition) is 1. The van der Waals surface area contributed by atoms with E-state index < -0.39 is 10.8 Å². The van der Waals surface area contributed by atoms with E-state index in [0.717, 1.165) is 12.0 Å².